The Morgan fingerprint density at radius 1 is 0.588 bits per heavy atom. The maximum absolute atomic E-state index is 13.7. The summed E-state index contributed by atoms with van der Waals surface area (Å²) in [6.07, 6.45) is 0. The van der Waals surface area contributed by atoms with Crippen LogP contribution in [0, 0.1) is 41.5 Å². The lowest BCUT2D eigenvalue weighted by Gasteiger charge is -2.35. The molecule has 4 heterocycles. The van der Waals surface area contributed by atoms with Gasteiger partial charge in [0.2, 0.25) is 20.0 Å². The Balaban J connectivity index is 0.932. The first-order valence-corrected chi connectivity index (χ1v) is 20.3. The minimum absolute atomic E-state index is 0.313. The number of rotatable bonds is 12. The molecule has 15 heteroatoms. The highest BCUT2D eigenvalue weighted by Crippen LogP contribution is 2.33. The predicted molar refractivity (Wildman–Crippen MR) is 194 cm³/mol. The molecule has 0 saturated carbocycles. The van der Waals surface area contributed by atoms with Gasteiger partial charge >= 0.3 is 0 Å². The summed E-state index contributed by atoms with van der Waals surface area (Å²) in [5.41, 5.74) is 6.09. The molecule has 2 aromatic heterocycles. The zero-order valence-electron chi connectivity index (χ0n) is 30.3. The predicted octanol–water partition coefficient (Wildman–Crippen LogP) is 4.18. The highest BCUT2D eigenvalue weighted by Gasteiger charge is 2.32. The molecule has 2 aliphatic rings. The normalized spacial score (nSPS) is 17.4. The van der Waals surface area contributed by atoms with Gasteiger partial charge in [-0.15, -0.1) is 0 Å². The molecule has 0 amide bonds. The van der Waals surface area contributed by atoms with Crippen molar-refractivity contribution in [3.8, 4) is 22.3 Å². The molecule has 2 aliphatic heterocycles. The van der Waals surface area contributed by atoms with Gasteiger partial charge in [-0.05, 0) is 75.9 Å². The number of ether oxygens (including phenoxy) is 1. The second-order valence-electron chi connectivity index (χ2n) is 13.5. The van der Waals surface area contributed by atoms with Crippen molar-refractivity contribution in [3.63, 3.8) is 0 Å². The fraction of sp³-hybridized carbons (Fsp3) is 0.500. The van der Waals surface area contributed by atoms with Gasteiger partial charge in [-0.3, -0.25) is 9.80 Å². The van der Waals surface area contributed by atoms with E-state index in [0.29, 0.717) is 111 Å². The molecule has 13 nitrogen and oxygen atoms in total. The quantitative estimate of drug-likeness (QED) is 0.193. The lowest BCUT2D eigenvalue weighted by Crippen LogP contribution is -2.50. The van der Waals surface area contributed by atoms with E-state index in [-0.39, 0.29) is 0 Å². The van der Waals surface area contributed by atoms with E-state index in [9.17, 15) is 16.8 Å². The van der Waals surface area contributed by atoms with Crippen LogP contribution in [0.3, 0.4) is 0 Å². The maximum atomic E-state index is 13.7. The van der Waals surface area contributed by atoms with Crippen LogP contribution in [-0.4, -0.2) is 124 Å². The molecule has 0 spiro atoms. The smallest absolute Gasteiger partial charge is 0.243 e. The second kappa shape index (κ2) is 15.3. The fourth-order valence-electron chi connectivity index (χ4n) is 7.01. The summed E-state index contributed by atoms with van der Waals surface area (Å²) in [6.45, 7) is 17.7. The van der Waals surface area contributed by atoms with Gasteiger partial charge in [0.15, 0.2) is 0 Å². The summed E-state index contributed by atoms with van der Waals surface area (Å²) < 4.78 is 74.5. The molecule has 0 unspecified atom stereocenters. The van der Waals surface area contributed by atoms with E-state index < -0.39 is 20.0 Å². The maximum Gasteiger partial charge on any atom is 0.243 e. The first-order valence-electron chi connectivity index (χ1n) is 17.4. The van der Waals surface area contributed by atoms with Crippen molar-refractivity contribution in [2.45, 2.75) is 51.3 Å². The van der Waals surface area contributed by atoms with E-state index in [0.717, 1.165) is 33.6 Å². The minimum atomic E-state index is -3.67. The zero-order chi connectivity index (χ0) is 36.5. The van der Waals surface area contributed by atoms with E-state index in [1.54, 1.807) is 20.7 Å². The van der Waals surface area contributed by atoms with Gasteiger partial charge in [0.1, 0.15) is 11.5 Å². The summed E-state index contributed by atoms with van der Waals surface area (Å²) in [6, 6.07) is 11.0. The summed E-state index contributed by atoms with van der Waals surface area (Å²) in [5.74, 6) is 1.32. The van der Waals surface area contributed by atoms with E-state index in [1.807, 2.05) is 65.8 Å². The highest BCUT2D eigenvalue weighted by atomic mass is 32.2. The standard InChI is InChI=1S/C36H48N6O7S2/c1-25-7-9-31(35-27(3)37-48-29(35)5)23-33(25)50(43,44)41-15-11-39(12-16-41)19-21-47-22-20-40-13-17-42(18-14-40)51(45,46)34-24-32(10-8-26(34)2)36-28(4)38-49-30(36)6/h7-10,23-24H,11-22H2,1-6H3. The van der Waals surface area contributed by atoms with Crippen molar-refractivity contribution in [1.29, 1.82) is 0 Å². The Labute approximate surface area is 301 Å². The molecule has 2 saturated heterocycles. The Bertz CT molecular complexity index is 1890. The molecular weight excluding hydrogens is 693 g/mol. The van der Waals surface area contributed by atoms with Crippen LogP contribution < -0.4 is 0 Å². The summed E-state index contributed by atoms with van der Waals surface area (Å²) in [4.78, 5) is 5.08. The Hall–Kier alpha value is -3.44. The van der Waals surface area contributed by atoms with Gasteiger partial charge in [0.25, 0.3) is 0 Å². The number of aromatic nitrogens is 2. The van der Waals surface area contributed by atoms with Crippen molar-refractivity contribution < 1.29 is 30.6 Å². The van der Waals surface area contributed by atoms with Crippen molar-refractivity contribution in [1.82, 2.24) is 28.7 Å². The SMILES string of the molecule is Cc1ccc(-c2c(C)noc2C)cc1S(=O)(=O)N1CCN(CCOCCN2CCN(S(=O)(=O)c3cc(-c4c(C)noc4C)ccc3C)CC2)CC1. The number of hydrogen-bond acceptors (Lipinski definition) is 11. The van der Waals surface area contributed by atoms with E-state index >= 15 is 0 Å². The van der Waals surface area contributed by atoms with Gasteiger partial charge in [0.05, 0.1) is 34.4 Å². The van der Waals surface area contributed by atoms with Crippen LogP contribution in [0.4, 0.5) is 0 Å². The molecule has 2 fully saturated rings. The van der Waals surface area contributed by atoms with Crippen LogP contribution in [0.1, 0.15) is 34.0 Å². The summed E-state index contributed by atoms with van der Waals surface area (Å²) in [7, 11) is -7.34. The third-order valence-corrected chi connectivity index (χ3v) is 14.1. The van der Waals surface area contributed by atoms with Crippen LogP contribution in [0.5, 0.6) is 0 Å². The molecule has 0 atom stereocenters. The van der Waals surface area contributed by atoms with Crippen LogP contribution >= 0.6 is 0 Å². The topological polar surface area (TPSA) is 143 Å². The number of benzene rings is 2. The fourth-order valence-corrected chi connectivity index (χ4v) is 10.4. The van der Waals surface area contributed by atoms with Gasteiger partial charge < -0.3 is 13.8 Å². The number of nitrogens with zero attached hydrogens (tertiary/aromatic N) is 6. The number of piperazine rings is 2. The van der Waals surface area contributed by atoms with Crippen molar-refractivity contribution >= 4 is 20.0 Å². The van der Waals surface area contributed by atoms with Crippen LogP contribution in [0.25, 0.3) is 22.3 Å². The average molecular weight is 741 g/mol. The lowest BCUT2D eigenvalue weighted by atomic mass is 10.0. The number of hydrogen-bond donors (Lipinski definition) is 0. The first-order chi connectivity index (χ1) is 24.3. The van der Waals surface area contributed by atoms with Crippen LogP contribution in [-0.2, 0) is 24.8 Å². The van der Waals surface area contributed by atoms with Gasteiger partial charge in [-0.2, -0.15) is 8.61 Å². The van der Waals surface area contributed by atoms with Gasteiger partial charge in [0, 0.05) is 76.6 Å². The number of sulfonamides is 2. The highest BCUT2D eigenvalue weighted by molar-refractivity contribution is 7.89. The average Bonchev–Trinajstić information content (AvgIpc) is 3.63. The van der Waals surface area contributed by atoms with Crippen molar-refractivity contribution in [2.75, 3.05) is 78.7 Å². The molecule has 2 aromatic carbocycles. The molecule has 51 heavy (non-hydrogen) atoms. The van der Waals surface area contributed by atoms with E-state index in [1.165, 1.54) is 0 Å². The molecule has 0 bridgehead atoms. The van der Waals surface area contributed by atoms with Gasteiger partial charge in [-0.1, -0.05) is 34.6 Å². The third kappa shape index (κ3) is 7.84. The van der Waals surface area contributed by atoms with Crippen molar-refractivity contribution in [2.24, 2.45) is 0 Å². The Kier molecular flexibility index (Phi) is 11.2. The number of aryl methyl sites for hydroxylation is 6. The first kappa shape index (κ1) is 37.3. The molecule has 276 valence electrons. The third-order valence-electron chi connectivity index (χ3n) is 10.0. The largest absolute Gasteiger partial charge is 0.379 e. The van der Waals surface area contributed by atoms with E-state index in [2.05, 4.69) is 20.1 Å². The summed E-state index contributed by atoms with van der Waals surface area (Å²) >= 11 is 0. The molecular formula is C36H48N6O7S2. The van der Waals surface area contributed by atoms with Crippen LogP contribution in [0.15, 0.2) is 55.2 Å². The molecule has 0 aliphatic carbocycles. The van der Waals surface area contributed by atoms with E-state index in [4.69, 9.17) is 13.8 Å². The monoisotopic (exact) mass is 740 g/mol. The van der Waals surface area contributed by atoms with Gasteiger partial charge in [-0.25, -0.2) is 16.8 Å². The lowest BCUT2D eigenvalue weighted by molar-refractivity contribution is 0.0672. The molecule has 6 rings (SSSR count). The molecule has 4 aromatic rings. The minimum Gasteiger partial charge on any atom is -0.379 e. The zero-order valence-corrected chi connectivity index (χ0v) is 31.9. The van der Waals surface area contributed by atoms with Crippen LogP contribution in [0.2, 0.25) is 0 Å². The Morgan fingerprint density at radius 2 is 0.961 bits per heavy atom. The molecule has 0 N–H and O–H groups in total. The summed E-state index contributed by atoms with van der Waals surface area (Å²) in [5, 5.41) is 8.04. The Morgan fingerprint density at radius 3 is 1.29 bits per heavy atom. The second-order valence-corrected chi connectivity index (χ2v) is 17.3. The molecule has 0 radical (unpaired) electrons. The van der Waals surface area contributed by atoms with Crippen molar-refractivity contribution in [3.05, 3.63) is 70.4 Å².